The normalized spacial score (nSPS) is 17.7. The van der Waals surface area contributed by atoms with E-state index in [1.54, 1.807) is 13.4 Å². The van der Waals surface area contributed by atoms with Gasteiger partial charge in [0.1, 0.15) is 5.76 Å². The molecule has 1 fully saturated rings. The lowest BCUT2D eigenvalue weighted by Gasteiger charge is -2.34. The summed E-state index contributed by atoms with van der Waals surface area (Å²) in [5.41, 5.74) is -0.196. The third-order valence-corrected chi connectivity index (χ3v) is 4.43. The molecule has 0 aromatic carbocycles. The van der Waals surface area contributed by atoms with E-state index in [0.29, 0.717) is 6.54 Å². The number of aliphatic imine (C=N–C) groups is 1. The van der Waals surface area contributed by atoms with E-state index in [4.69, 9.17) is 18.9 Å². The lowest BCUT2D eigenvalue weighted by molar-refractivity contribution is -0.0828. The Kier molecular flexibility index (Phi) is 8.12. The van der Waals surface area contributed by atoms with Gasteiger partial charge in [0.15, 0.2) is 5.96 Å². The maximum Gasteiger partial charge on any atom is 0.191 e. The number of nitrogens with one attached hydrogen (secondary N) is 2. The Hall–Kier alpha value is -1.53. The summed E-state index contributed by atoms with van der Waals surface area (Å²) >= 11 is 0. The van der Waals surface area contributed by atoms with Gasteiger partial charge in [0, 0.05) is 52.7 Å². The van der Waals surface area contributed by atoms with Crippen molar-refractivity contribution < 1.29 is 13.9 Å². The molecule has 0 spiro atoms. The predicted molar refractivity (Wildman–Crippen MR) is 95.4 cm³/mol. The van der Waals surface area contributed by atoms with Crippen molar-refractivity contribution >= 4 is 5.96 Å². The number of guanidine groups is 1. The van der Waals surface area contributed by atoms with Gasteiger partial charge in [-0.15, -0.1) is 0 Å². The van der Waals surface area contributed by atoms with Crippen molar-refractivity contribution in [1.29, 1.82) is 0 Å². The van der Waals surface area contributed by atoms with Crippen molar-refractivity contribution in [3.05, 3.63) is 24.2 Å². The number of hydrogen-bond donors (Lipinski definition) is 2. The van der Waals surface area contributed by atoms with E-state index in [1.165, 1.54) is 0 Å². The molecule has 0 bridgehead atoms. The topological polar surface area (TPSA) is 68.0 Å². The second-order valence-electron chi connectivity index (χ2n) is 6.20. The number of methoxy groups -OCH3 is 1. The van der Waals surface area contributed by atoms with E-state index in [2.05, 4.69) is 17.6 Å². The molecule has 0 saturated carbocycles. The first-order valence-corrected chi connectivity index (χ1v) is 8.95. The van der Waals surface area contributed by atoms with E-state index in [-0.39, 0.29) is 5.60 Å². The fraction of sp³-hybridized carbons (Fsp3) is 0.722. The fourth-order valence-corrected chi connectivity index (χ4v) is 2.71. The van der Waals surface area contributed by atoms with Crippen LogP contribution in [-0.2, 0) is 15.9 Å². The maximum absolute atomic E-state index is 5.76. The van der Waals surface area contributed by atoms with E-state index >= 15 is 0 Å². The van der Waals surface area contributed by atoms with Gasteiger partial charge in [0.2, 0.25) is 0 Å². The highest BCUT2D eigenvalue weighted by Gasteiger charge is 2.32. The van der Waals surface area contributed by atoms with Crippen molar-refractivity contribution in [3.8, 4) is 0 Å². The smallest absolute Gasteiger partial charge is 0.191 e. The Morgan fingerprint density at radius 3 is 2.75 bits per heavy atom. The number of furan rings is 1. The summed E-state index contributed by atoms with van der Waals surface area (Å²) in [5, 5.41) is 6.79. The molecule has 2 rings (SSSR count). The van der Waals surface area contributed by atoms with Gasteiger partial charge in [-0.25, -0.2) is 0 Å². The lowest BCUT2D eigenvalue weighted by atomic mass is 9.94. The molecule has 2 N–H and O–H groups in total. The third kappa shape index (κ3) is 6.17. The molecule has 1 aliphatic heterocycles. The molecular weight excluding hydrogens is 306 g/mol. The molecule has 6 nitrogen and oxygen atoms in total. The molecule has 0 unspecified atom stereocenters. The predicted octanol–water partition coefficient (Wildman–Crippen LogP) is 2.35. The standard InChI is InChI=1S/C18H31N3O3/c1-3-4-10-19-17(20-11-7-16-6-5-12-24-16)21-15-18(22-2)8-13-23-14-9-18/h5-6,12H,3-4,7-11,13-15H2,1-2H3,(H2,19,20,21). The van der Waals surface area contributed by atoms with Crippen LogP contribution in [0.25, 0.3) is 0 Å². The Bertz CT molecular complexity index is 468. The first kappa shape index (κ1) is 18.8. The first-order chi connectivity index (χ1) is 11.8. The molecule has 1 aliphatic rings. The van der Waals surface area contributed by atoms with Crippen LogP contribution in [0.1, 0.15) is 38.4 Å². The van der Waals surface area contributed by atoms with Crippen LogP contribution in [0.15, 0.2) is 27.8 Å². The van der Waals surface area contributed by atoms with Gasteiger partial charge in [-0.3, -0.25) is 4.99 Å². The average Bonchev–Trinajstić information content (AvgIpc) is 3.13. The summed E-state index contributed by atoms with van der Waals surface area (Å²) in [4.78, 5) is 4.76. The van der Waals surface area contributed by atoms with Crippen molar-refractivity contribution in [2.75, 3.05) is 40.0 Å². The third-order valence-electron chi connectivity index (χ3n) is 4.43. The molecule has 136 valence electrons. The van der Waals surface area contributed by atoms with Gasteiger partial charge in [-0.05, 0) is 18.6 Å². The SMILES string of the molecule is CCCCNC(=NCC1(OC)CCOCC1)NCCc1ccco1. The van der Waals surface area contributed by atoms with Gasteiger partial charge >= 0.3 is 0 Å². The van der Waals surface area contributed by atoms with Crippen LogP contribution in [0.5, 0.6) is 0 Å². The number of hydrogen-bond acceptors (Lipinski definition) is 4. The van der Waals surface area contributed by atoms with Gasteiger partial charge in [0.25, 0.3) is 0 Å². The highest BCUT2D eigenvalue weighted by atomic mass is 16.5. The number of ether oxygens (including phenoxy) is 2. The quantitative estimate of drug-likeness (QED) is 0.411. The summed E-state index contributed by atoms with van der Waals surface area (Å²) in [6, 6.07) is 3.91. The molecule has 0 radical (unpaired) electrons. The zero-order chi connectivity index (χ0) is 17.1. The molecule has 1 aromatic heterocycles. The van der Waals surface area contributed by atoms with Crippen molar-refractivity contribution in [2.45, 2.75) is 44.6 Å². The Morgan fingerprint density at radius 1 is 1.29 bits per heavy atom. The summed E-state index contributed by atoms with van der Waals surface area (Å²) in [5.74, 6) is 1.83. The van der Waals surface area contributed by atoms with Crippen molar-refractivity contribution in [2.24, 2.45) is 4.99 Å². The van der Waals surface area contributed by atoms with Crippen LogP contribution in [0.4, 0.5) is 0 Å². The molecule has 1 saturated heterocycles. The Balaban J connectivity index is 1.87. The minimum atomic E-state index is -0.196. The lowest BCUT2D eigenvalue weighted by Crippen LogP contribution is -2.44. The van der Waals surface area contributed by atoms with Crippen LogP contribution in [0.2, 0.25) is 0 Å². The largest absolute Gasteiger partial charge is 0.469 e. The minimum Gasteiger partial charge on any atom is -0.469 e. The van der Waals surface area contributed by atoms with E-state index in [0.717, 1.165) is 70.1 Å². The number of unbranched alkanes of at least 4 members (excludes halogenated alkanes) is 1. The summed E-state index contributed by atoms with van der Waals surface area (Å²) in [6.45, 7) is 6.03. The van der Waals surface area contributed by atoms with Crippen molar-refractivity contribution in [1.82, 2.24) is 10.6 Å². The molecule has 0 amide bonds. The maximum atomic E-state index is 5.76. The molecular formula is C18H31N3O3. The molecule has 1 aromatic rings. The van der Waals surface area contributed by atoms with Gasteiger partial charge in [0.05, 0.1) is 18.4 Å². The second-order valence-corrected chi connectivity index (χ2v) is 6.20. The average molecular weight is 337 g/mol. The van der Waals surface area contributed by atoms with Crippen LogP contribution in [-0.4, -0.2) is 51.5 Å². The highest BCUT2D eigenvalue weighted by Crippen LogP contribution is 2.24. The van der Waals surface area contributed by atoms with Crippen LogP contribution in [0, 0.1) is 0 Å². The Labute approximate surface area is 145 Å². The van der Waals surface area contributed by atoms with Crippen LogP contribution in [0.3, 0.4) is 0 Å². The van der Waals surface area contributed by atoms with E-state index in [9.17, 15) is 0 Å². The minimum absolute atomic E-state index is 0.196. The molecule has 6 heteroatoms. The van der Waals surface area contributed by atoms with Crippen LogP contribution >= 0.6 is 0 Å². The van der Waals surface area contributed by atoms with Gasteiger partial charge < -0.3 is 24.5 Å². The highest BCUT2D eigenvalue weighted by molar-refractivity contribution is 5.79. The zero-order valence-corrected chi connectivity index (χ0v) is 15.0. The molecule has 24 heavy (non-hydrogen) atoms. The fourth-order valence-electron chi connectivity index (χ4n) is 2.71. The molecule has 0 atom stereocenters. The monoisotopic (exact) mass is 337 g/mol. The Morgan fingerprint density at radius 2 is 2.08 bits per heavy atom. The summed E-state index contributed by atoms with van der Waals surface area (Å²) in [7, 11) is 1.77. The molecule has 0 aliphatic carbocycles. The van der Waals surface area contributed by atoms with Gasteiger partial charge in [-0.2, -0.15) is 0 Å². The molecule has 2 heterocycles. The first-order valence-electron chi connectivity index (χ1n) is 8.95. The zero-order valence-electron chi connectivity index (χ0n) is 15.0. The van der Waals surface area contributed by atoms with Gasteiger partial charge in [-0.1, -0.05) is 13.3 Å². The summed E-state index contributed by atoms with van der Waals surface area (Å²) in [6.07, 6.45) is 6.61. The van der Waals surface area contributed by atoms with E-state index < -0.39 is 0 Å². The summed E-state index contributed by atoms with van der Waals surface area (Å²) < 4.78 is 16.6. The van der Waals surface area contributed by atoms with E-state index in [1.807, 2.05) is 12.1 Å². The number of nitrogens with zero attached hydrogens (tertiary/aromatic N) is 1. The number of rotatable bonds is 9. The van der Waals surface area contributed by atoms with Crippen LogP contribution < -0.4 is 10.6 Å². The van der Waals surface area contributed by atoms with Crippen molar-refractivity contribution in [3.63, 3.8) is 0 Å². The second kappa shape index (κ2) is 10.4.